The summed E-state index contributed by atoms with van der Waals surface area (Å²) in [6.07, 6.45) is 1.93. The van der Waals surface area contributed by atoms with E-state index in [-0.39, 0.29) is 24.8 Å². The SMILES string of the molecule is COC(=O)CCN1C(=O)/C(=C/c2ccc(Br)cc2)SC1=S. The molecule has 1 aromatic carbocycles. The Balaban J connectivity index is 2.10. The smallest absolute Gasteiger partial charge is 0.307 e. The Kier molecular flexibility index (Phi) is 5.55. The number of hydrogen-bond donors (Lipinski definition) is 0. The number of ether oxygens (including phenoxy) is 1. The first-order valence-electron chi connectivity index (χ1n) is 6.09. The molecule has 0 aliphatic carbocycles. The normalized spacial score (nSPS) is 16.7. The fraction of sp³-hybridized carbons (Fsp3) is 0.214. The second-order valence-corrected chi connectivity index (χ2v) is 6.80. The minimum Gasteiger partial charge on any atom is -0.469 e. The summed E-state index contributed by atoms with van der Waals surface area (Å²) in [4.78, 5) is 25.4. The van der Waals surface area contributed by atoms with E-state index in [1.165, 1.54) is 23.8 Å². The van der Waals surface area contributed by atoms with Crippen molar-refractivity contribution in [2.45, 2.75) is 6.42 Å². The second kappa shape index (κ2) is 7.20. The number of amides is 1. The van der Waals surface area contributed by atoms with Crippen molar-refractivity contribution in [1.29, 1.82) is 0 Å². The summed E-state index contributed by atoms with van der Waals surface area (Å²) in [5, 5.41) is 0. The lowest BCUT2D eigenvalue weighted by Crippen LogP contribution is -2.30. The summed E-state index contributed by atoms with van der Waals surface area (Å²) in [5.41, 5.74) is 0.923. The number of esters is 1. The Morgan fingerprint density at radius 3 is 2.71 bits per heavy atom. The molecule has 0 radical (unpaired) electrons. The molecular formula is C14H12BrNO3S2. The van der Waals surface area contributed by atoms with Crippen LogP contribution < -0.4 is 0 Å². The number of carbonyl (C=O) groups excluding carboxylic acids is 2. The Morgan fingerprint density at radius 2 is 2.10 bits per heavy atom. The van der Waals surface area contributed by atoms with Gasteiger partial charge in [0.2, 0.25) is 0 Å². The van der Waals surface area contributed by atoms with Crippen LogP contribution in [-0.4, -0.2) is 34.8 Å². The first-order chi connectivity index (χ1) is 10.0. The zero-order chi connectivity index (χ0) is 15.4. The van der Waals surface area contributed by atoms with Crippen LogP contribution >= 0.6 is 39.9 Å². The lowest BCUT2D eigenvalue weighted by atomic mass is 10.2. The van der Waals surface area contributed by atoms with Gasteiger partial charge in [0, 0.05) is 11.0 Å². The molecule has 1 aromatic rings. The van der Waals surface area contributed by atoms with Crippen molar-refractivity contribution in [3.8, 4) is 0 Å². The van der Waals surface area contributed by atoms with Gasteiger partial charge in [0.15, 0.2) is 0 Å². The van der Waals surface area contributed by atoms with E-state index in [4.69, 9.17) is 12.2 Å². The average Bonchev–Trinajstić information content (AvgIpc) is 2.73. The van der Waals surface area contributed by atoms with E-state index in [2.05, 4.69) is 20.7 Å². The summed E-state index contributed by atoms with van der Waals surface area (Å²) in [7, 11) is 1.32. The van der Waals surface area contributed by atoms with E-state index >= 15 is 0 Å². The summed E-state index contributed by atoms with van der Waals surface area (Å²) < 4.78 is 6.01. The number of carbonyl (C=O) groups is 2. The van der Waals surface area contributed by atoms with Crippen LogP contribution in [0.5, 0.6) is 0 Å². The minimum absolute atomic E-state index is 0.133. The van der Waals surface area contributed by atoms with Gasteiger partial charge >= 0.3 is 5.97 Å². The maximum Gasteiger partial charge on any atom is 0.307 e. The number of halogens is 1. The van der Waals surface area contributed by atoms with Crippen LogP contribution in [-0.2, 0) is 14.3 Å². The van der Waals surface area contributed by atoms with Crippen LogP contribution in [0.15, 0.2) is 33.6 Å². The molecule has 0 N–H and O–H groups in total. The minimum atomic E-state index is -0.360. The van der Waals surface area contributed by atoms with E-state index in [0.717, 1.165) is 10.0 Å². The van der Waals surface area contributed by atoms with E-state index in [1.54, 1.807) is 6.08 Å². The van der Waals surface area contributed by atoms with Gasteiger partial charge in [0.05, 0.1) is 18.4 Å². The average molecular weight is 386 g/mol. The third-order valence-electron chi connectivity index (χ3n) is 2.81. The fourth-order valence-electron chi connectivity index (χ4n) is 1.71. The van der Waals surface area contributed by atoms with E-state index in [9.17, 15) is 9.59 Å². The third-order valence-corrected chi connectivity index (χ3v) is 4.72. The number of thioether (sulfide) groups is 1. The van der Waals surface area contributed by atoms with Crippen molar-refractivity contribution in [2.75, 3.05) is 13.7 Å². The molecule has 1 fully saturated rings. The molecule has 0 saturated carbocycles. The van der Waals surface area contributed by atoms with Crippen LogP contribution in [0.25, 0.3) is 6.08 Å². The number of methoxy groups -OCH3 is 1. The topological polar surface area (TPSA) is 46.6 Å². The molecule has 110 valence electrons. The molecule has 1 aliphatic heterocycles. The first-order valence-corrected chi connectivity index (χ1v) is 8.11. The van der Waals surface area contributed by atoms with Crippen molar-refractivity contribution in [1.82, 2.24) is 4.90 Å². The lowest BCUT2D eigenvalue weighted by Gasteiger charge is -2.12. The van der Waals surface area contributed by atoms with Gasteiger partial charge in [0.1, 0.15) is 4.32 Å². The van der Waals surface area contributed by atoms with E-state index in [0.29, 0.717) is 9.23 Å². The van der Waals surface area contributed by atoms with Gasteiger partial charge in [-0.05, 0) is 23.8 Å². The molecule has 0 spiro atoms. The highest BCUT2D eigenvalue weighted by Gasteiger charge is 2.32. The molecule has 4 nitrogen and oxygen atoms in total. The van der Waals surface area contributed by atoms with Crippen molar-refractivity contribution < 1.29 is 14.3 Å². The van der Waals surface area contributed by atoms with Gasteiger partial charge in [-0.15, -0.1) is 0 Å². The largest absolute Gasteiger partial charge is 0.469 e. The summed E-state index contributed by atoms with van der Waals surface area (Å²) >= 11 is 9.80. The Morgan fingerprint density at radius 1 is 1.43 bits per heavy atom. The molecule has 0 bridgehead atoms. The highest BCUT2D eigenvalue weighted by atomic mass is 79.9. The van der Waals surface area contributed by atoms with Crippen LogP contribution in [0.4, 0.5) is 0 Å². The summed E-state index contributed by atoms with van der Waals surface area (Å²) in [5.74, 6) is -0.530. The standard InChI is InChI=1S/C14H12BrNO3S2/c1-19-12(17)6-7-16-13(18)11(21-14(16)20)8-9-2-4-10(15)5-3-9/h2-5,8H,6-7H2,1H3/b11-8-. The predicted molar refractivity (Wildman–Crippen MR) is 90.7 cm³/mol. The van der Waals surface area contributed by atoms with Crippen molar-refractivity contribution in [2.24, 2.45) is 0 Å². The Hall–Kier alpha value is -1.18. The monoisotopic (exact) mass is 385 g/mol. The van der Waals surface area contributed by atoms with Crippen LogP contribution in [0.3, 0.4) is 0 Å². The summed E-state index contributed by atoms with van der Waals surface area (Å²) in [6.45, 7) is 0.245. The van der Waals surface area contributed by atoms with Crippen LogP contribution in [0.1, 0.15) is 12.0 Å². The number of nitrogens with zero attached hydrogens (tertiary/aromatic N) is 1. The lowest BCUT2D eigenvalue weighted by molar-refractivity contribution is -0.140. The molecule has 0 aromatic heterocycles. The second-order valence-electron chi connectivity index (χ2n) is 4.21. The van der Waals surface area contributed by atoms with Crippen molar-refractivity contribution in [3.63, 3.8) is 0 Å². The molecule has 21 heavy (non-hydrogen) atoms. The molecular weight excluding hydrogens is 374 g/mol. The Labute approximate surface area is 140 Å². The zero-order valence-electron chi connectivity index (χ0n) is 11.2. The van der Waals surface area contributed by atoms with Gasteiger partial charge in [-0.2, -0.15) is 0 Å². The molecule has 2 rings (SSSR count). The van der Waals surface area contributed by atoms with Gasteiger partial charge in [-0.1, -0.05) is 52.0 Å². The van der Waals surface area contributed by atoms with E-state index < -0.39 is 0 Å². The van der Waals surface area contributed by atoms with Crippen molar-refractivity contribution in [3.05, 3.63) is 39.2 Å². The van der Waals surface area contributed by atoms with Gasteiger partial charge in [-0.3, -0.25) is 14.5 Å². The quantitative estimate of drug-likeness (QED) is 0.452. The van der Waals surface area contributed by atoms with Crippen LogP contribution in [0, 0.1) is 0 Å². The molecule has 1 heterocycles. The zero-order valence-corrected chi connectivity index (χ0v) is 14.4. The molecule has 0 atom stereocenters. The molecule has 7 heteroatoms. The van der Waals surface area contributed by atoms with Gasteiger partial charge in [-0.25, -0.2) is 0 Å². The molecule has 1 saturated heterocycles. The highest BCUT2D eigenvalue weighted by molar-refractivity contribution is 9.10. The maximum absolute atomic E-state index is 12.3. The molecule has 1 amide bonds. The molecule has 0 unspecified atom stereocenters. The highest BCUT2D eigenvalue weighted by Crippen LogP contribution is 2.32. The third kappa shape index (κ3) is 4.15. The number of hydrogen-bond acceptors (Lipinski definition) is 5. The number of thiocarbonyl (C=S) groups is 1. The van der Waals surface area contributed by atoms with E-state index in [1.807, 2.05) is 24.3 Å². The predicted octanol–water partition coefficient (Wildman–Crippen LogP) is 3.21. The van der Waals surface area contributed by atoms with Crippen LogP contribution in [0.2, 0.25) is 0 Å². The maximum atomic E-state index is 12.3. The molecule has 1 aliphatic rings. The Bertz CT molecular complexity index is 613. The number of rotatable bonds is 4. The van der Waals surface area contributed by atoms with Gasteiger partial charge < -0.3 is 4.74 Å². The first kappa shape index (κ1) is 16.2. The fourth-order valence-corrected chi connectivity index (χ4v) is 3.28. The van der Waals surface area contributed by atoms with Gasteiger partial charge in [0.25, 0.3) is 5.91 Å². The number of benzene rings is 1. The summed E-state index contributed by atoms with van der Waals surface area (Å²) in [6, 6.07) is 7.63. The van der Waals surface area contributed by atoms with Crippen molar-refractivity contribution >= 4 is 62.2 Å².